The average molecular weight is 269 g/mol. The van der Waals surface area contributed by atoms with Gasteiger partial charge in [0.2, 0.25) is 5.91 Å². The molecule has 1 fully saturated rings. The molecule has 5 heteroatoms. The highest BCUT2D eigenvalue weighted by atomic mass is 16.2. The number of nitrogens with zero attached hydrogens (tertiary/aromatic N) is 2. The molecule has 0 bridgehead atoms. The van der Waals surface area contributed by atoms with Gasteiger partial charge in [-0.2, -0.15) is 5.10 Å². The van der Waals surface area contributed by atoms with Crippen molar-refractivity contribution in [2.45, 2.75) is 25.4 Å². The van der Waals surface area contributed by atoms with Gasteiger partial charge in [0.05, 0.1) is 5.69 Å². The van der Waals surface area contributed by atoms with E-state index in [1.54, 1.807) is 6.07 Å². The van der Waals surface area contributed by atoms with Crippen molar-refractivity contribution in [1.29, 1.82) is 0 Å². The van der Waals surface area contributed by atoms with Crippen LogP contribution in [0.2, 0.25) is 0 Å². The predicted molar refractivity (Wildman–Crippen MR) is 75.1 cm³/mol. The van der Waals surface area contributed by atoms with Gasteiger partial charge in [0.1, 0.15) is 6.54 Å². The molecule has 102 valence electrons. The number of nitrogens with one attached hydrogen (secondary N) is 1. The number of rotatable bonds is 4. The first-order valence-electron chi connectivity index (χ1n) is 6.65. The molecule has 5 nitrogen and oxygen atoms in total. The van der Waals surface area contributed by atoms with Gasteiger partial charge in [-0.25, -0.2) is 4.68 Å². The molecular weight excluding hydrogens is 254 g/mol. The van der Waals surface area contributed by atoms with Crippen LogP contribution < -0.4 is 10.9 Å². The summed E-state index contributed by atoms with van der Waals surface area (Å²) in [7, 11) is 0. The first-order chi connectivity index (χ1) is 9.72. The highest BCUT2D eigenvalue weighted by molar-refractivity contribution is 5.76. The molecule has 1 N–H and O–H groups in total. The highest BCUT2D eigenvalue weighted by Gasteiger charge is 2.23. The third kappa shape index (κ3) is 2.93. The Bertz CT molecular complexity index is 675. The molecule has 0 saturated heterocycles. The van der Waals surface area contributed by atoms with E-state index in [0.717, 1.165) is 18.4 Å². The Hall–Kier alpha value is -2.43. The molecule has 1 saturated carbocycles. The number of benzene rings is 1. The summed E-state index contributed by atoms with van der Waals surface area (Å²) >= 11 is 0. The SMILES string of the molecule is O=C(Cn1nc(-c2ccccc2)ccc1=O)NC1CC1. The fourth-order valence-electron chi connectivity index (χ4n) is 1.96. The number of hydrogen-bond donors (Lipinski definition) is 1. The van der Waals surface area contributed by atoms with Crippen LogP contribution >= 0.6 is 0 Å². The zero-order valence-corrected chi connectivity index (χ0v) is 11.0. The quantitative estimate of drug-likeness (QED) is 0.906. The summed E-state index contributed by atoms with van der Waals surface area (Å²) in [4.78, 5) is 23.5. The summed E-state index contributed by atoms with van der Waals surface area (Å²) in [5, 5.41) is 7.10. The van der Waals surface area contributed by atoms with E-state index in [0.29, 0.717) is 5.69 Å². The molecule has 0 unspecified atom stereocenters. The molecule has 1 amide bonds. The molecule has 1 aromatic heterocycles. The van der Waals surface area contributed by atoms with Crippen molar-refractivity contribution >= 4 is 5.91 Å². The van der Waals surface area contributed by atoms with Crippen LogP contribution in [0.15, 0.2) is 47.3 Å². The number of carbonyl (C=O) groups is 1. The molecule has 1 aliphatic rings. The lowest BCUT2D eigenvalue weighted by atomic mass is 10.1. The summed E-state index contributed by atoms with van der Waals surface area (Å²) in [5.74, 6) is -0.160. The fraction of sp³-hybridized carbons (Fsp3) is 0.267. The van der Waals surface area contributed by atoms with Gasteiger partial charge in [-0.1, -0.05) is 30.3 Å². The largest absolute Gasteiger partial charge is 0.352 e. The second kappa shape index (κ2) is 5.28. The average Bonchev–Trinajstić information content (AvgIpc) is 3.26. The van der Waals surface area contributed by atoms with Crippen molar-refractivity contribution < 1.29 is 4.79 Å². The second-order valence-electron chi connectivity index (χ2n) is 4.92. The molecule has 1 aliphatic carbocycles. The maximum absolute atomic E-state index is 11.8. The summed E-state index contributed by atoms with van der Waals surface area (Å²) in [6.07, 6.45) is 2.05. The van der Waals surface area contributed by atoms with Crippen molar-refractivity contribution in [1.82, 2.24) is 15.1 Å². The molecule has 0 radical (unpaired) electrons. The fourth-order valence-corrected chi connectivity index (χ4v) is 1.96. The third-order valence-corrected chi connectivity index (χ3v) is 3.17. The van der Waals surface area contributed by atoms with Gasteiger partial charge in [-0.05, 0) is 18.9 Å². The lowest BCUT2D eigenvalue weighted by Crippen LogP contribution is -2.34. The monoisotopic (exact) mass is 269 g/mol. The van der Waals surface area contributed by atoms with Gasteiger partial charge in [-0.15, -0.1) is 0 Å². The lowest BCUT2D eigenvalue weighted by molar-refractivity contribution is -0.122. The first-order valence-corrected chi connectivity index (χ1v) is 6.65. The zero-order valence-electron chi connectivity index (χ0n) is 11.0. The first kappa shape index (κ1) is 12.6. The van der Waals surface area contributed by atoms with E-state index < -0.39 is 0 Å². The van der Waals surface area contributed by atoms with Crippen molar-refractivity contribution in [2.24, 2.45) is 0 Å². The van der Waals surface area contributed by atoms with Crippen molar-refractivity contribution in [3.63, 3.8) is 0 Å². The molecule has 0 spiro atoms. The zero-order chi connectivity index (χ0) is 13.9. The Morgan fingerprint density at radius 2 is 1.95 bits per heavy atom. The standard InChI is InChI=1S/C15H15N3O2/c19-14(16-12-6-7-12)10-18-15(20)9-8-13(17-18)11-4-2-1-3-5-11/h1-5,8-9,12H,6-7,10H2,(H,16,19). The van der Waals surface area contributed by atoms with Crippen molar-refractivity contribution in [3.05, 3.63) is 52.8 Å². The van der Waals surface area contributed by atoms with Crippen LogP contribution in [0.3, 0.4) is 0 Å². The van der Waals surface area contributed by atoms with Gasteiger partial charge >= 0.3 is 0 Å². The van der Waals surface area contributed by atoms with Crippen molar-refractivity contribution in [3.8, 4) is 11.3 Å². The van der Waals surface area contributed by atoms with E-state index in [1.807, 2.05) is 30.3 Å². The van der Waals surface area contributed by atoms with Crippen LogP contribution in [0, 0.1) is 0 Å². The van der Waals surface area contributed by atoms with Crippen LogP contribution in [0.1, 0.15) is 12.8 Å². The highest BCUT2D eigenvalue weighted by Crippen LogP contribution is 2.18. The molecule has 3 rings (SSSR count). The van der Waals surface area contributed by atoms with Crippen LogP contribution in [0.5, 0.6) is 0 Å². The minimum absolute atomic E-state index is 0.0317. The number of hydrogen-bond acceptors (Lipinski definition) is 3. The maximum atomic E-state index is 11.8. The molecule has 0 atom stereocenters. The topological polar surface area (TPSA) is 64.0 Å². The lowest BCUT2D eigenvalue weighted by Gasteiger charge is -2.07. The van der Waals surface area contributed by atoms with E-state index in [9.17, 15) is 9.59 Å². The third-order valence-electron chi connectivity index (χ3n) is 3.17. The number of aromatic nitrogens is 2. The van der Waals surface area contributed by atoms with Crippen LogP contribution in [0.4, 0.5) is 0 Å². The molecular formula is C15H15N3O2. The van der Waals surface area contributed by atoms with Gasteiger partial charge in [0.15, 0.2) is 0 Å². The van der Waals surface area contributed by atoms with E-state index in [4.69, 9.17) is 0 Å². The molecule has 0 aliphatic heterocycles. The van der Waals surface area contributed by atoms with Gasteiger partial charge in [0.25, 0.3) is 5.56 Å². The number of amides is 1. The Morgan fingerprint density at radius 3 is 2.65 bits per heavy atom. The second-order valence-corrected chi connectivity index (χ2v) is 4.92. The van der Waals surface area contributed by atoms with Gasteiger partial charge < -0.3 is 5.32 Å². The summed E-state index contributed by atoms with van der Waals surface area (Å²) < 4.78 is 1.21. The molecule has 1 heterocycles. The van der Waals surface area contributed by atoms with Crippen LogP contribution in [-0.2, 0) is 11.3 Å². The smallest absolute Gasteiger partial charge is 0.267 e. The minimum Gasteiger partial charge on any atom is -0.352 e. The van der Waals surface area contributed by atoms with E-state index in [-0.39, 0.29) is 24.1 Å². The van der Waals surface area contributed by atoms with Crippen LogP contribution in [0.25, 0.3) is 11.3 Å². The van der Waals surface area contributed by atoms with E-state index in [1.165, 1.54) is 10.7 Å². The summed E-state index contributed by atoms with van der Waals surface area (Å²) in [5.41, 5.74) is 1.34. The van der Waals surface area contributed by atoms with Gasteiger partial charge in [-0.3, -0.25) is 9.59 Å². The van der Waals surface area contributed by atoms with Crippen LogP contribution in [-0.4, -0.2) is 21.7 Å². The summed E-state index contributed by atoms with van der Waals surface area (Å²) in [6.45, 7) is -0.0317. The Labute approximate surface area is 116 Å². The Kier molecular flexibility index (Phi) is 3.33. The predicted octanol–water partition coefficient (Wildman–Crippen LogP) is 1.19. The Balaban J connectivity index is 1.83. The summed E-state index contributed by atoms with van der Waals surface area (Å²) in [6, 6.07) is 13.0. The normalized spacial score (nSPS) is 14.0. The van der Waals surface area contributed by atoms with Crippen molar-refractivity contribution in [2.75, 3.05) is 0 Å². The molecule has 1 aromatic carbocycles. The molecule has 20 heavy (non-hydrogen) atoms. The minimum atomic E-state index is -0.268. The van der Waals surface area contributed by atoms with Gasteiger partial charge in [0, 0.05) is 17.7 Å². The van der Waals surface area contributed by atoms with E-state index >= 15 is 0 Å². The van der Waals surface area contributed by atoms with E-state index in [2.05, 4.69) is 10.4 Å². The number of carbonyl (C=O) groups excluding carboxylic acids is 1. The Morgan fingerprint density at radius 1 is 1.20 bits per heavy atom. The molecule has 2 aromatic rings. The maximum Gasteiger partial charge on any atom is 0.267 e.